The Morgan fingerprint density at radius 1 is 1.25 bits per heavy atom. The average Bonchev–Trinajstić information content (AvgIpc) is 2.86. The number of ether oxygens (including phenoxy) is 1. The van der Waals surface area contributed by atoms with Gasteiger partial charge in [-0.05, 0) is 30.0 Å². The summed E-state index contributed by atoms with van der Waals surface area (Å²) in [6, 6.07) is 5.90. The van der Waals surface area contributed by atoms with Crippen molar-refractivity contribution >= 4 is 17.0 Å². The Labute approximate surface area is 124 Å². The first kappa shape index (κ1) is 14.9. The monoisotopic (exact) mass is 290 g/mol. The Balaban J connectivity index is 2.19. The standard InChI is InChI=1S/C16H22N2OS/c1-10(2)8-19-15-6-5-12(7-13(15)17)16-18-14(9-20-16)11(3)4/h5-7,9-11H,8,17H2,1-4H3. The molecule has 0 aliphatic carbocycles. The van der Waals surface area contributed by atoms with Gasteiger partial charge in [0.15, 0.2) is 0 Å². The van der Waals surface area contributed by atoms with Gasteiger partial charge in [0.2, 0.25) is 0 Å². The molecule has 1 aromatic carbocycles. The molecule has 0 aliphatic heterocycles. The summed E-state index contributed by atoms with van der Waals surface area (Å²) in [7, 11) is 0. The van der Waals surface area contributed by atoms with Crippen molar-refractivity contribution in [2.45, 2.75) is 33.6 Å². The number of nitrogen functional groups attached to an aromatic ring is 1. The maximum absolute atomic E-state index is 6.06. The smallest absolute Gasteiger partial charge is 0.142 e. The number of hydrogen-bond donors (Lipinski definition) is 1. The summed E-state index contributed by atoms with van der Waals surface area (Å²) in [6.45, 7) is 9.21. The van der Waals surface area contributed by atoms with Gasteiger partial charge in [0.05, 0.1) is 18.0 Å². The molecule has 2 rings (SSSR count). The summed E-state index contributed by atoms with van der Waals surface area (Å²) in [6.07, 6.45) is 0. The molecule has 108 valence electrons. The van der Waals surface area contributed by atoms with Crippen LogP contribution in [0.15, 0.2) is 23.6 Å². The third-order valence-electron chi connectivity index (χ3n) is 2.94. The number of nitrogens with two attached hydrogens (primary N) is 1. The summed E-state index contributed by atoms with van der Waals surface area (Å²) in [5, 5.41) is 3.12. The maximum atomic E-state index is 6.06. The zero-order chi connectivity index (χ0) is 14.7. The highest BCUT2D eigenvalue weighted by Gasteiger charge is 2.10. The van der Waals surface area contributed by atoms with E-state index in [2.05, 4.69) is 38.1 Å². The van der Waals surface area contributed by atoms with Crippen LogP contribution in [0.5, 0.6) is 5.75 Å². The Morgan fingerprint density at radius 2 is 2.00 bits per heavy atom. The molecule has 0 atom stereocenters. The van der Waals surface area contributed by atoms with Gasteiger partial charge < -0.3 is 10.5 Å². The van der Waals surface area contributed by atoms with E-state index in [1.165, 1.54) is 0 Å². The van der Waals surface area contributed by atoms with Crippen LogP contribution in [0.25, 0.3) is 10.6 Å². The Bertz CT molecular complexity index is 576. The number of rotatable bonds is 5. The number of benzene rings is 1. The van der Waals surface area contributed by atoms with E-state index in [-0.39, 0.29) is 0 Å². The van der Waals surface area contributed by atoms with Crippen LogP contribution in [-0.4, -0.2) is 11.6 Å². The van der Waals surface area contributed by atoms with Gasteiger partial charge in [-0.1, -0.05) is 27.7 Å². The summed E-state index contributed by atoms with van der Waals surface area (Å²) in [4.78, 5) is 4.65. The van der Waals surface area contributed by atoms with Gasteiger partial charge in [0.25, 0.3) is 0 Å². The molecule has 0 spiro atoms. The first-order chi connectivity index (χ1) is 9.47. The van der Waals surface area contributed by atoms with Crippen LogP contribution in [0.3, 0.4) is 0 Å². The van der Waals surface area contributed by atoms with E-state index in [4.69, 9.17) is 10.5 Å². The minimum Gasteiger partial charge on any atom is -0.491 e. The molecule has 4 heteroatoms. The summed E-state index contributed by atoms with van der Waals surface area (Å²) >= 11 is 1.66. The van der Waals surface area contributed by atoms with Crippen molar-refractivity contribution in [3.05, 3.63) is 29.3 Å². The van der Waals surface area contributed by atoms with Gasteiger partial charge in [0, 0.05) is 10.9 Å². The second-order valence-electron chi connectivity index (χ2n) is 5.69. The highest BCUT2D eigenvalue weighted by atomic mass is 32.1. The minimum atomic E-state index is 0.450. The fourth-order valence-corrected chi connectivity index (χ4v) is 2.73. The fraction of sp³-hybridized carbons (Fsp3) is 0.438. The maximum Gasteiger partial charge on any atom is 0.142 e. The SMILES string of the molecule is CC(C)COc1ccc(-c2nc(C(C)C)cs2)cc1N. The van der Waals surface area contributed by atoms with Crippen LogP contribution in [0, 0.1) is 5.92 Å². The zero-order valence-electron chi connectivity index (χ0n) is 12.5. The normalized spacial score (nSPS) is 11.3. The molecule has 1 heterocycles. The number of nitrogens with zero attached hydrogens (tertiary/aromatic N) is 1. The molecule has 0 aliphatic rings. The number of anilines is 1. The molecule has 0 unspecified atom stereocenters. The molecule has 3 nitrogen and oxygen atoms in total. The van der Waals surface area contributed by atoms with Crippen LogP contribution < -0.4 is 10.5 Å². The van der Waals surface area contributed by atoms with Crippen LogP contribution in [-0.2, 0) is 0 Å². The highest BCUT2D eigenvalue weighted by Crippen LogP contribution is 2.31. The van der Waals surface area contributed by atoms with Crippen molar-refractivity contribution in [2.24, 2.45) is 5.92 Å². The van der Waals surface area contributed by atoms with Gasteiger partial charge in [-0.15, -0.1) is 11.3 Å². The third kappa shape index (κ3) is 3.51. The van der Waals surface area contributed by atoms with Crippen molar-refractivity contribution in [1.29, 1.82) is 0 Å². The van der Waals surface area contributed by atoms with E-state index >= 15 is 0 Å². The molecule has 20 heavy (non-hydrogen) atoms. The quantitative estimate of drug-likeness (QED) is 0.822. The first-order valence-electron chi connectivity index (χ1n) is 6.95. The molecular weight excluding hydrogens is 268 g/mol. The lowest BCUT2D eigenvalue weighted by Gasteiger charge is -2.11. The largest absolute Gasteiger partial charge is 0.491 e. The van der Waals surface area contributed by atoms with Crippen molar-refractivity contribution in [2.75, 3.05) is 12.3 Å². The Kier molecular flexibility index (Phi) is 4.65. The lowest BCUT2D eigenvalue weighted by molar-refractivity contribution is 0.272. The van der Waals surface area contributed by atoms with Crippen molar-refractivity contribution in [3.8, 4) is 16.3 Å². The van der Waals surface area contributed by atoms with Gasteiger partial charge in [0.1, 0.15) is 10.8 Å². The number of thiazole rings is 1. The molecule has 0 fully saturated rings. The van der Waals surface area contributed by atoms with Gasteiger partial charge in [-0.25, -0.2) is 4.98 Å². The number of aromatic nitrogens is 1. The van der Waals surface area contributed by atoms with E-state index in [1.54, 1.807) is 11.3 Å². The lowest BCUT2D eigenvalue weighted by atomic mass is 10.1. The van der Waals surface area contributed by atoms with Crippen LogP contribution >= 0.6 is 11.3 Å². The van der Waals surface area contributed by atoms with Gasteiger partial charge in [-0.2, -0.15) is 0 Å². The zero-order valence-corrected chi connectivity index (χ0v) is 13.3. The van der Waals surface area contributed by atoms with Crippen LogP contribution in [0.1, 0.15) is 39.3 Å². The second-order valence-corrected chi connectivity index (χ2v) is 6.55. The van der Waals surface area contributed by atoms with E-state index in [1.807, 2.05) is 18.2 Å². The molecular formula is C16H22N2OS. The van der Waals surface area contributed by atoms with Crippen LogP contribution in [0.2, 0.25) is 0 Å². The Hall–Kier alpha value is -1.55. The van der Waals surface area contributed by atoms with E-state index < -0.39 is 0 Å². The molecule has 1 aromatic heterocycles. The predicted molar refractivity (Wildman–Crippen MR) is 86.4 cm³/mol. The number of hydrogen-bond acceptors (Lipinski definition) is 4. The average molecular weight is 290 g/mol. The molecule has 0 amide bonds. The summed E-state index contributed by atoms with van der Waals surface area (Å²) < 4.78 is 5.69. The van der Waals surface area contributed by atoms with Gasteiger partial charge >= 0.3 is 0 Å². The van der Waals surface area contributed by atoms with E-state index in [0.717, 1.165) is 22.0 Å². The fourth-order valence-electron chi connectivity index (χ4n) is 1.75. The molecule has 0 saturated heterocycles. The van der Waals surface area contributed by atoms with E-state index in [0.29, 0.717) is 24.1 Å². The third-order valence-corrected chi connectivity index (χ3v) is 3.85. The molecule has 2 aromatic rings. The highest BCUT2D eigenvalue weighted by molar-refractivity contribution is 7.13. The van der Waals surface area contributed by atoms with Crippen molar-refractivity contribution in [3.63, 3.8) is 0 Å². The first-order valence-corrected chi connectivity index (χ1v) is 7.83. The molecule has 0 saturated carbocycles. The molecule has 2 N–H and O–H groups in total. The molecule has 0 bridgehead atoms. The second kappa shape index (κ2) is 6.27. The Morgan fingerprint density at radius 3 is 2.55 bits per heavy atom. The molecule has 0 radical (unpaired) electrons. The van der Waals surface area contributed by atoms with E-state index in [9.17, 15) is 0 Å². The van der Waals surface area contributed by atoms with Crippen LogP contribution in [0.4, 0.5) is 5.69 Å². The topological polar surface area (TPSA) is 48.1 Å². The minimum absolute atomic E-state index is 0.450. The summed E-state index contributed by atoms with van der Waals surface area (Å²) in [5.74, 6) is 1.69. The van der Waals surface area contributed by atoms with Crippen molar-refractivity contribution < 1.29 is 4.74 Å². The summed E-state index contributed by atoms with van der Waals surface area (Å²) in [5.41, 5.74) is 8.91. The van der Waals surface area contributed by atoms with Gasteiger partial charge in [-0.3, -0.25) is 0 Å². The lowest BCUT2D eigenvalue weighted by Crippen LogP contribution is -2.06. The van der Waals surface area contributed by atoms with Crippen molar-refractivity contribution in [1.82, 2.24) is 4.98 Å². The predicted octanol–water partition coefficient (Wildman–Crippen LogP) is 4.55.